The van der Waals surface area contributed by atoms with Gasteiger partial charge < -0.3 is 5.73 Å². The Bertz CT molecular complexity index is 437. The molecular weight excluding hydrogens is 226 g/mol. The van der Waals surface area contributed by atoms with Gasteiger partial charge in [0.1, 0.15) is 0 Å². The predicted octanol–water partition coefficient (Wildman–Crippen LogP) is 3.06. The van der Waals surface area contributed by atoms with E-state index in [1.54, 1.807) is 0 Å². The molecule has 1 nitrogen and oxygen atoms in total. The van der Waals surface area contributed by atoms with E-state index in [4.69, 9.17) is 5.73 Å². The Morgan fingerprint density at radius 2 is 2.00 bits per heavy atom. The Hall–Kier alpha value is -0.860. The van der Waals surface area contributed by atoms with Crippen LogP contribution >= 0.6 is 15.9 Å². The van der Waals surface area contributed by atoms with Crippen LogP contribution in [0.2, 0.25) is 0 Å². The average Bonchev–Trinajstić information content (AvgIpc) is 2.18. The standard InChI is InChI=1S/C11H10BrN/c12-11-3-1-2-9-5-4-8(7-13)6-10(9)11/h1-6H,7,13H2. The molecule has 0 aliphatic rings. The minimum Gasteiger partial charge on any atom is -0.326 e. The van der Waals surface area contributed by atoms with Gasteiger partial charge in [0.15, 0.2) is 0 Å². The van der Waals surface area contributed by atoms with Gasteiger partial charge in [-0.05, 0) is 28.5 Å². The Kier molecular flexibility index (Phi) is 2.34. The highest BCUT2D eigenvalue weighted by molar-refractivity contribution is 9.10. The normalized spacial score (nSPS) is 10.6. The van der Waals surface area contributed by atoms with E-state index in [1.165, 1.54) is 16.3 Å². The zero-order valence-electron chi connectivity index (χ0n) is 7.13. The third kappa shape index (κ3) is 1.60. The molecule has 0 aliphatic heterocycles. The topological polar surface area (TPSA) is 26.0 Å². The van der Waals surface area contributed by atoms with E-state index in [-0.39, 0.29) is 0 Å². The predicted molar refractivity (Wildman–Crippen MR) is 59.5 cm³/mol. The minimum absolute atomic E-state index is 0.595. The second kappa shape index (κ2) is 3.48. The van der Waals surface area contributed by atoms with Crippen LogP contribution < -0.4 is 5.73 Å². The smallest absolute Gasteiger partial charge is 0.0253 e. The van der Waals surface area contributed by atoms with Gasteiger partial charge in [-0.1, -0.05) is 40.2 Å². The average molecular weight is 236 g/mol. The molecule has 0 bridgehead atoms. The van der Waals surface area contributed by atoms with Crippen LogP contribution in [0.1, 0.15) is 5.56 Å². The molecule has 2 heteroatoms. The lowest BCUT2D eigenvalue weighted by Crippen LogP contribution is -1.95. The highest BCUT2D eigenvalue weighted by Crippen LogP contribution is 2.24. The van der Waals surface area contributed by atoms with E-state index in [0.29, 0.717) is 6.54 Å². The molecule has 0 heterocycles. The van der Waals surface area contributed by atoms with Crippen LogP contribution in [0.4, 0.5) is 0 Å². The van der Waals surface area contributed by atoms with E-state index >= 15 is 0 Å². The number of nitrogens with two attached hydrogens (primary N) is 1. The van der Waals surface area contributed by atoms with Crippen LogP contribution in [-0.4, -0.2) is 0 Å². The minimum atomic E-state index is 0.595. The molecule has 0 fully saturated rings. The third-order valence-corrected chi connectivity index (χ3v) is 2.82. The van der Waals surface area contributed by atoms with Crippen molar-refractivity contribution in [2.75, 3.05) is 0 Å². The Morgan fingerprint density at radius 1 is 1.15 bits per heavy atom. The second-order valence-electron chi connectivity index (χ2n) is 3.00. The zero-order valence-corrected chi connectivity index (χ0v) is 8.71. The monoisotopic (exact) mass is 235 g/mol. The molecule has 13 heavy (non-hydrogen) atoms. The van der Waals surface area contributed by atoms with Crippen molar-refractivity contribution in [2.24, 2.45) is 5.73 Å². The summed E-state index contributed by atoms with van der Waals surface area (Å²) in [6.07, 6.45) is 0. The molecule has 0 spiro atoms. The summed E-state index contributed by atoms with van der Waals surface area (Å²) in [6, 6.07) is 12.5. The van der Waals surface area contributed by atoms with Crippen LogP contribution in [0, 0.1) is 0 Å². The fraction of sp³-hybridized carbons (Fsp3) is 0.0909. The number of hydrogen-bond acceptors (Lipinski definition) is 1. The van der Waals surface area contributed by atoms with Crippen molar-refractivity contribution in [3.63, 3.8) is 0 Å². The van der Waals surface area contributed by atoms with E-state index in [0.717, 1.165) is 4.47 Å². The van der Waals surface area contributed by atoms with Crippen LogP contribution in [0.15, 0.2) is 40.9 Å². The van der Waals surface area contributed by atoms with Crippen molar-refractivity contribution >= 4 is 26.7 Å². The largest absolute Gasteiger partial charge is 0.326 e. The van der Waals surface area contributed by atoms with Gasteiger partial charge in [0.2, 0.25) is 0 Å². The first kappa shape index (κ1) is 8.73. The van der Waals surface area contributed by atoms with Crippen molar-refractivity contribution in [1.29, 1.82) is 0 Å². The number of halogens is 1. The first-order valence-electron chi connectivity index (χ1n) is 4.18. The third-order valence-electron chi connectivity index (χ3n) is 2.13. The van der Waals surface area contributed by atoms with Gasteiger partial charge in [-0.3, -0.25) is 0 Å². The SMILES string of the molecule is NCc1ccc2cccc(Br)c2c1. The zero-order chi connectivity index (χ0) is 9.26. The second-order valence-corrected chi connectivity index (χ2v) is 3.85. The van der Waals surface area contributed by atoms with E-state index in [9.17, 15) is 0 Å². The van der Waals surface area contributed by atoms with E-state index < -0.39 is 0 Å². The summed E-state index contributed by atoms with van der Waals surface area (Å²) in [5, 5.41) is 2.47. The van der Waals surface area contributed by atoms with Crippen molar-refractivity contribution in [2.45, 2.75) is 6.54 Å². The molecule has 0 aliphatic carbocycles. The number of hydrogen-bond donors (Lipinski definition) is 1. The summed E-state index contributed by atoms with van der Waals surface area (Å²) in [4.78, 5) is 0. The van der Waals surface area contributed by atoms with Gasteiger partial charge in [0, 0.05) is 11.0 Å². The summed E-state index contributed by atoms with van der Waals surface area (Å²) in [7, 11) is 0. The van der Waals surface area contributed by atoms with Gasteiger partial charge in [-0.2, -0.15) is 0 Å². The van der Waals surface area contributed by atoms with Crippen molar-refractivity contribution < 1.29 is 0 Å². The lowest BCUT2D eigenvalue weighted by atomic mass is 10.1. The molecule has 0 saturated heterocycles. The highest BCUT2D eigenvalue weighted by Gasteiger charge is 1.98. The van der Waals surface area contributed by atoms with Gasteiger partial charge >= 0.3 is 0 Å². The van der Waals surface area contributed by atoms with Gasteiger partial charge in [-0.25, -0.2) is 0 Å². The molecule has 2 aromatic carbocycles. The fourth-order valence-corrected chi connectivity index (χ4v) is 1.90. The van der Waals surface area contributed by atoms with Crippen molar-refractivity contribution in [3.05, 3.63) is 46.4 Å². The first-order valence-corrected chi connectivity index (χ1v) is 4.98. The lowest BCUT2D eigenvalue weighted by Gasteiger charge is -2.02. The summed E-state index contributed by atoms with van der Waals surface area (Å²) < 4.78 is 1.13. The number of rotatable bonds is 1. The molecule has 0 unspecified atom stereocenters. The summed E-state index contributed by atoms with van der Waals surface area (Å²) in [5.74, 6) is 0. The lowest BCUT2D eigenvalue weighted by molar-refractivity contribution is 1.08. The van der Waals surface area contributed by atoms with Crippen molar-refractivity contribution in [1.82, 2.24) is 0 Å². The molecule has 66 valence electrons. The summed E-state index contributed by atoms with van der Waals surface area (Å²) in [5.41, 5.74) is 6.74. The van der Waals surface area contributed by atoms with Crippen molar-refractivity contribution in [3.8, 4) is 0 Å². The van der Waals surface area contributed by atoms with Gasteiger partial charge in [0.05, 0.1) is 0 Å². The molecule has 2 aromatic rings. The van der Waals surface area contributed by atoms with E-state index in [2.05, 4.69) is 40.2 Å². The maximum Gasteiger partial charge on any atom is 0.0253 e. The molecule has 2 rings (SSSR count). The number of fused-ring (bicyclic) bond motifs is 1. The van der Waals surface area contributed by atoms with Gasteiger partial charge in [0.25, 0.3) is 0 Å². The quantitative estimate of drug-likeness (QED) is 0.808. The maximum atomic E-state index is 5.58. The van der Waals surface area contributed by atoms with Crippen LogP contribution in [0.25, 0.3) is 10.8 Å². The fourth-order valence-electron chi connectivity index (χ4n) is 1.41. The van der Waals surface area contributed by atoms with Gasteiger partial charge in [-0.15, -0.1) is 0 Å². The molecule has 0 radical (unpaired) electrons. The molecule has 0 saturated carbocycles. The molecule has 2 N–H and O–H groups in total. The molecule has 0 amide bonds. The summed E-state index contributed by atoms with van der Waals surface area (Å²) in [6.45, 7) is 0.595. The van der Waals surface area contributed by atoms with E-state index in [1.807, 2.05) is 12.1 Å². The molecule has 0 aromatic heterocycles. The Labute approximate surface area is 85.7 Å². The number of benzene rings is 2. The highest BCUT2D eigenvalue weighted by atomic mass is 79.9. The first-order chi connectivity index (χ1) is 6.31. The van der Waals surface area contributed by atoms with Crippen LogP contribution in [0.3, 0.4) is 0 Å². The van der Waals surface area contributed by atoms with Crippen LogP contribution in [0.5, 0.6) is 0 Å². The summed E-state index contributed by atoms with van der Waals surface area (Å²) >= 11 is 3.52. The maximum absolute atomic E-state index is 5.58. The molecular formula is C11H10BrN. The Morgan fingerprint density at radius 3 is 2.77 bits per heavy atom. The van der Waals surface area contributed by atoms with Crippen LogP contribution in [-0.2, 0) is 6.54 Å². The Balaban J connectivity index is 2.74. The molecule has 0 atom stereocenters.